The Morgan fingerprint density at radius 3 is 2.80 bits per heavy atom. The van der Waals surface area contributed by atoms with Crippen molar-refractivity contribution in [3.63, 3.8) is 0 Å². The molecule has 0 bridgehead atoms. The molecule has 1 aromatic rings. The van der Waals surface area contributed by atoms with Gasteiger partial charge in [-0.1, -0.05) is 13.0 Å². The molecule has 1 aliphatic rings. The molecule has 1 aliphatic heterocycles. The molecule has 1 heterocycles. The highest BCUT2D eigenvalue weighted by Crippen LogP contribution is 2.36. The SMILES string of the molecule is CC(CN)(CF)c1ccc2c(c1)OCO2. The number of hydrogen-bond acceptors (Lipinski definition) is 3. The van der Waals surface area contributed by atoms with Gasteiger partial charge in [0.15, 0.2) is 11.5 Å². The Morgan fingerprint density at radius 2 is 2.13 bits per heavy atom. The van der Waals surface area contributed by atoms with E-state index in [9.17, 15) is 4.39 Å². The van der Waals surface area contributed by atoms with Crippen LogP contribution < -0.4 is 15.2 Å². The summed E-state index contributed by atoms with van der Waals surface area (Å²) in [6.07, 6.45) is 0. The highest BCUT2D eigenvalue weighted by atomic mass is 19.1. The van der Waals surface area contributed by atoms with E-state index in [2.05, 4.69) is 0 Å². The highest BCUT2D eigenvalue weighted by molar-refractivity contribution is 5.46. The molecule has 82 valence electrons. The average molecular weight is 211 g/mol. The summed E-state index contributed by atoms with van der Waals surface area (Å²) < 4.78 is 23.4. The van der Waals surface area contributed by atoms with Crippen LogP contribution in [0.5, 0.6) is 11.5 Å². The molecule has 1 aromatic carbocycles. The predicted octanol–water partition coefficient (Wildman–Crippen LogP) is 1.60. The normalized spacial score (nSPS) is 17.5. The smallest absolute Gasteiger partial charge is 0.231 e. The quantitative estimate of drug-likeness (QED) is 0.826. The van der Waals surface area contributed by atoms with Crippen LogP contribution in [0.3, 0.4) is 0 Å². The molecule has 0 aliphatic carbocycles. The molecule has 0 aromatic heterocycles. The van der Waals surface area contributed by atoms with E-state index >= 15 is 0 Å². The Bertz CT molecular complexity index is 364. The molecule has 0 amide bonds. The van der Waals surface area contributed by atoms with E-state index in [0.29, 0.717) is 11.5 Å². The maximum absolute atomic E-state index is 12.9. The van der Waals surface area contributed by atoms with E-state index in [0.717, 1.165) is 5.56 Å². The fraction of sp³-hybridized carbons (Fsp3) is 0.455. The third-order valence-corrected chi connectivity index (χ3v) is 2.81. The molecule has 1 atom stereocenters. The van der Waals surface area contributed by atoms with Crippen molar-refractivity contribution < 1.29 is 13.9 Å². The molecular formula is C11H14FNO2. The first-order valence-corrected chi connectivity index (χ1v) is 4.86. The number of nitrogens with two attached hydrogens (primary N) is 1. The van der Waals surface area contributed by atoms with Crippen LogP contribution in [-0.2, 0) is 5.41 Å². The Morgan fingerprint density at radius 1 is 1.40 bits per heavy atom. The molecule has 0 saturated carbocycles. The molecular weight excluding hydrogens is 197 g/mol. The van der Waals surface area contributed by atoms with E-state index in [-0.39, 0.29) is 13.3 Å². The van der Waals surface area contributed by atoms with Crippen molar-refractivity contribution in [2.75, 3.05) is 20.0 Å². The molecule has 0 fully saturated rings. The van der Waals surface area contributed by atoms with Gasteiger partial charge in [-0.3, -0.25) is 4.39 Å². The van der Waals surface area contributed by atoms with E-state index in [1.54, 1.807) is 19.1 Å². The van der Waals surface area contributed by atoms with Crippen LogP contribution in [0.1, 0.15) is 12.5 Å². The molecule has 0 spiro atoms. The van der Waals surface area contributed by atoms with Gasteiger partial charge in [-0.15, -0.1) is 0 Å². The summed E-state index contributed by atoms with van der Waals surface area (Å²) in [5, 5.41) is 0. The van der Waals surface area contributed by atoms with Crippen LogP contribution in [0.2, 0.25) is 0 Å². The maximum atomic E-state index is 12.9. The van der Waals surface area contributed by atoms with Crippen molar-refractivity contribution in [1.82, 2.24) is 0 Å². The summed E-state index contributed by atoms with van der Waals surface area (Å²) in [5.41, 5.74) is 5.79. The Labute approximate surface area is 88.0 Å². The van der Waals surface area contributed by atoms with Crippen molar-refractivity contribution in [3.05, 3.63) is 23.8 Å². The number of hydrogen-bond donors (Lipinski definition) is 1. The molecule has 1 unspecified atom stereocenters. The molecule has 4 heteroatoms. The second-order valence-electron chi connectivity index (χ2n) is 3.97. The number of alkyl halides is 1. The van der Waals surface area contributed by atoms with Gasteiger partial charge in [-0.05, 0) is 17.7 Å². The third-order valence-electron chi connectivity index (χ3n) is 2.81. The van der Waals surface area contributed by atoms with Gasteiger partial charge >= 0.3 is 0 Å². The van der Waals surface area contributed by atoms with Gasteiger partial charge in [-0.25, -0.2) is 0 Å². The van der Waals surface area contributed by atoms with Gasteiger partial charge in [0.05, 0.1) is 6.67 Å². The second kappa shape index (κ2) is 3.70. The molecule has 3 nitrogen and oxygen atoms in total. The van der Waals surface area contributed by atoms with Gasteiger partial charge in [0, 0.05) is 12.0 Å². The lowest BCUT2D eigenvalue weighted by Crippen LogP contribution is -2.33. The zero-order chi connectivity index (χ0) is 10.9. The zero-order valence-electron chi connectivity index (χ0n) is 8.63. The summed E-state index contributed by atoms with van der Waals surface area (Å²) in [6.45, 7) is 1.81. The minimum absolute atomic E-state index is 0.230. The lowest BCUT2D eigenvalue weighted by molar-refractivity contribution is 0.174. The monoisotopic (exact) mass is 211 g/mol. The largest absolute Gasteiger partial charge is 0.454 e. The van der Waals surface area contributed by atoms with E-state index < -0.39 is 12.1 Å². The lowest BCUT2D eigenvalue weighted by Gasteiger charge is -2.24. The number of halogens is 1. The Kier molecular flexibility index (Phi) is 2.52. The average Bonchev–Trinajstić information content (AvgIpc) is 2.74. The molecule has 0 saturated heterocycles. The minimum Gasteiger partial charge on any atom is -0.454 e. The standard InChI is InChI=1S/C11H14FNO2/c1-11(5-12,6-13)8-2-3-9-10(4-8)15-7-14-9/h2-4H,5-7,13H2,1H3. The fourth-order valence-electron chi connectivity index (χ4n) is 1.52. The van der Waals surface area contributed by atoms with Gasteiger partial charge in [0.1, 0.15) is 0 Å². The van der Waals surface area contributed by atoms with Crippen molar-refractivity contribution in [2.45, 2.75) is 12.3 Å². The lowest BCUT2D eigenvalue weighted by atomic mass is 9.84. The van der Waals surface area contributed by atoms with Gasteiger partial charge < -0.3 is 15.2 Å². The van der Waals surface area contributed by atoms with Crippen LogP contribution in [0.25, 0.3) is 0 Å². The minimum atomic E-state index is -0.638. The van der Waals surface area contributed by atoms with Crippen molar-refractivity contribution >= 4 is 0 Å². The first-order valence-electron chi connectivity index (χ1n) is 4.86. The first kappa shape index (κ1) is 10.2. The summed E-state index contributed by atoms with van der Waals surface area (Å²) >= 11 is 0. The predicted molar refractivity (Wildman–Crippen MR) is 54.9 cm³/mol. The van der Waals surface area contributed by atoms with Crippen LogP contribution in [0, 0.1) is 0 Å². The van der Waals surface area contributed by atoms with Crippen molar-refractivity contribution in [3.8, 4) is 11.5 Å². The van der Waals surface area contributed by atoms with Crippen LogP contribution in [-0.4, -0.2) is 20.0 Å². The summed E-state index contributed by atoms with van der Waals surface area (Å²) in [6, 6.07) is 5.43. The van der Waals surface area contributed by atoms with Crippen LogP contribution in [0.15, 0.2) is 18.2 Å². The van der Waals surface area contributed by atoms with Gasteiger partial charge in [0.2, 0.25) is 6.79 Å². The fourth-order valence-corrected chi connectivity index (χ4v) is 1.52. The molecule has 2 N–H and O–H groups in total. The highest BCUT2D eigenvalue weighted by Gasteiger charge is 2.27. The maximum Gasteiger partial charge on any atom is 0.231 e. The van der Waals surface area contributed by atoms with Crippen molar-refractivity contribution in [2.24, 2.45) is 5.73 Å². The van der Waals surface area contributed by atoms with E-state index in [4.69, 9.17) is 15.2 Å². The number of ether oxygens (including phenoxy) is 2. The van der Waals surface area contributed by atoms with E-state index in [1.165, 1.54) is 0 Å². The van der Waals surface area contributed by atoms with Crippen LogP contribution in [0.4, 0.5) is 4.39 Å². The zero-order valence-corrected chi connectivity index (χ0v) is 8.63. The Hall–Kier alpha value is -1.29. The third kappa shape index (κ3) is 1.65. The van der Waals surface area contributed by atoms with Gasteiger partial charge in [-0.2, -0.15) is 0 Å². The summed E-state index contributed by atoms with van der Waals surface area (Å²) in [5.74, 6) is 1.37. The summed E-state index contributed by atoms with van der Waals surface area (Å²) in [4.78, 5) is 0. The molecule has 15 heavy (non-hydrogen) atoms. The molecule has 2 rings (SSSR count). The number of benzene rings is 1. The van der Waals surface area contributed by atoms with Gasteiger partial charge in [0.25, 0.3) is 0 Å². The van der Waals surface area contributed by atoms with Crippen molar-refractivity contribution in [1.29, 1.82) is 0 Å². The van der Waals surface area contributed by atoms with E-state index in [1.807, 2.05) is 6.07 Å². The number of fused-ring (bicyclic) bond motifs is 1. The summed E-state index contributed by atoms with van der Waals surface area (Å²) in [7, 11) is 0. The van der Waals surface area contributed by atoms with Crippen LogP contribution >= 0.6 is 0 Å². The topological polar surface area (TPSA) is 44.5 Å². The molecule has 0 radical (unpaired) electrons. The first-order chi connectivity index (χ1) is 7.19. The second-order valence-corrected chi connectivity index (χ2v) is 3.97. The Balaban J connectivity index is 2.37. The number of rotatable bonds is 3.